The number of carbonyl (C=O) groups excluding carboxylic acids is 2. The van der Waals surface area contributed by atoms with Gasteiger partial charge in [0.25, 0.3) is 0 Å². The van der Waals surface area contributed by atoms with Crippen LogP contribution in [0.1, 0.15) is 33.6 Å². The summed E-state index contributed by atoms with van der Waals surface area (Å²) in [5, 5.41) is 5.56. The molecule has 0 saturated carbocycles. The molecule has 1 aliphatic heterocycles. The molecule has 1 aliphatic rings. The molecule has 138 valence electrons. The van der Waals surface area contributed by atoms with Gasteiger partial charge in [-0.1, -0.05) is 20.8 Å². The summed E-state index contributed by atoms with van der Waals surface area (Å²) in [5.74, 6) is -0.391. The zero-order valence-electron chi connectivity index (χ0n) is 15.0. The van der Waals surface area contributed by atoms with Crippen molar-refractivity contribution >= 4 is 17.6 Å². The topological polar surface area (TPSA) is 87.5 Å². The first-order chi connectivity index (χ1) is 11.7. The fourth-order valence-electron chi connectivity index (χ4n) is 2.70. The number of piperidine rings is 1. The molecule has 0 spiro atoms. The first kappa shape index (κ1) is 19.2. The van der Waals surface area contributed by atoms with E-state index in [2.05, 4.69) is 10.6 Å². The molecule has 7 heteroatoms. The second-order valence-corrected chi connectivity index (χ2v) is 7.55. The van der Waals surface area contributed by atoms with E-state index in [1.165, 1.54) is 24.3 Å². The van der Waals surface area contributed by atoms with Crippen molar-refractivity contribution < 1.29 is 14.0 Å². The Morgan fingerprint density at radius 3 is 2.28 bits per heavy atom. The zero-order valence-corrected chi connectivity index (χ0v) is 15.0. The summed E-state index contributed by atoms with van der Waals surface area (Å²) in [5.41, 5.74) is 6.29. The number of anilines is 1. The van der Waals surface area contributed by atoms with Crippen molar-refractivity contribution in [3.8, 4) is 0 Å². The molecule has 1 heterocycles. The molecule has 1 unspecified atom stereocenters. The van der Waals surface area contributed by atoms with E-state index in [-0.39, 0.29) is 29.2 Å². The normalized spacial score (nSPS) is 17.1. The van der Waals surface area contributed by atoms with Gasteiger partial charge in [0.15, 0.2) is 0 Å². The van der Waals surface area contributed by atoms with Gasteiger partial charge in [0.05, 0.1) is 6.04 Å². The number of benzene rings is 1. The lowest BCUT2D eigenvalue weighted by Gasteiger charge is -2.36. The second kappa shape index (κ2) is 7.82. The van der Waals surface area contributed by atoms with Crippen LogP contribution in [0, 0.1) is 11.2 Å². The average molecular weight is 350 g/mol. The number of urea groups is 1. The molecule has 25 heavy (non-hydrogen) atoms. The molecule has 1 aromatic carbocycles. The molecule has 1 saturated heterocycles. The number of likely N-dealkylation sites (tertiary alicyclic amines) is 1. The van der Waals surface area contributed by atoms with Crippen LogP contribution in [0.3, 0.4) is 0 Å². The van der Waals surface area contributed by atoms with Gasteiger partial charge in [-0.05, 0) is 42.5 Å². The van der Waals surface area contributed by atoms with Crippen LogP contribution in [0.4, 0.5) is 14.9 Å². The van der Waals surface area contributed by atoms with Crippen molar-refractivity contribution in [2.45, 2.75) is 45.7 Å². The first-order valence-corrected chi connectivity index (χ1v) is 8.54. The molecular weight excluding hydrogens is 323 g/mol. The van der Waals surface area contributed by atoms with Crippen molar-refractivity contribution in [1.82, 2.24) is 10.2 Å². The molecule has 2 rings (SSSR count). The lowest BCUT2D eigenvalue weighted by atomic mass is 9.86. The van der Waals surface area contributed by atoms with Crippen molar-refractivity contribution in [2.75, 3.05) is 18.4 Å². The SMILES string of the molecule is CC(C)(C)C(N)C(=O)N1CCC(NC(=O)Nc2ccc(F)cc2)CC1. The predicted octanol–water partition coefficient (Wildman–Crippen LogP) is 2.31. The summed E-state index contributed by atoms with van der Waals surface area (Å²) < 4.78 is 12.9. The van der Waals surface area contributed by atoms with Crippen LogP contribution in [0.5, 0.6) is 0 Å². The van der Waals surface area contributed by atoms with Crippen molar-refractivity contribution in [3.05, 3.63) is 30.1 Å². The van der Waals surface area contributed by atoms with Gasteiger partial charge in [-0.3, -0.25) is 4.79 Å². The van der Waals surface area contributed by atoms with E-state index in [0.29, 0.717) is 31.6 Å². The van der Waals surface area contributed by atoms with Crippen LogP contribution in [-0.4, -0.2) is 42.0 Å². The van der Waals surface area contributed by atoms with E-state index >= 15 is 0 Å². The summed E-state index contributed by atoms with van der Waals surface area (Å²) in [7, 11) is 0. The van der Waals surface area contributed by atoms with E-state index in [1.54, 1.807) is 4.90 Å². The van der Waals surface area contributed by atoms with Crippen LogP contribution < -0.4 is 16.4 Å². The summed E-state index contributed by atoms with van der Waals surface area (Å²) in [6.07, 6.45) is 1.36. The Morgan fingerprint density at radius 1 is 1.20 bits per heavy atom. The Labute approximate surface area is 147 Å². The number of hydrogen-bond donors (Lipinski definition) is 3. The first-order valence-electron chi connectivity index (χ1n) is 8.54. The van der Waals surface area contributed by atoms with Gasteiger partial charge in [0.1, 0.15) is 5.82 Å². The standard InChI is InChI=1S/C18H27FN4O2/c1-18(2,3)15(20)16(24)23-10-8-14(9-11-23)22-17(25)21-13-6-4-12(19)5-7-13/h4-7,14-15H,8-11,20H2,1-3H3,(H2,21,22,25). The van der Waals surface area contributed by atoms with E-state index in [9.17, 15) is 14.0 Å². The number of nitrogens with two attached hydrogens (primary N) is 1. The fourth-order valence-corrected chi connectivity index (χ4v) is 2.70. The Kier molecular flexibility index (Phi) is 6.00. The van der Waals surface area contributed by atoms with Crippen molar-refractivity contribution in [2.24, 2.45) is 11.1 Å². The lowest BCUT2D eigenvalue weighted by molar-refractivity contribution is -0.136. The number of nitrogens with zero attached hydrogens (tertiary/aromatic N) is 1. The second-order valence-electron chi connectivity index (χ2n) is 7.55. The quantitative estimate of drug-likeness (QED) is 0.782. The third kappa shape index (κ3) is 5.42. The number of rotatable bonds is 3. The van der Waals surface area contributed by atoms with Gasteiger partial charge in [-0.25, -0.2) is 9.18 Å². The molecule has 1 atom stereocenters. The zero-order chi connectivity index (χ0) is 18.6. The van der Waals surface area contributed by atoms with Gasteiger partial charge in [0.2, 0.25) is 5.91 Å². The van der Waals surface area contributed by atoms with Gasteiger partial charge in [-0.15, -0.1) is 0 Å². The number of nitrogens with one attached hydrogen (secondary N) is 2. The van der Waals surface area contributed by atoms with Gasteiger partial charge in [-0.2, -0.15) is 0 Å². The molecular formula is C18H27FN4O2. The van der Waals surface area contributed by atoms with Crippen molar-refractivity contribution in [1.29, 1.82) is 0 Å². The maximum atomic E-state index is 12.9. The highest BCUT2D eigenvalue weighted by Gasteiger charge is 2.33. The number of amides is 3. The number of halogens is 1. The van der Waals surface area contributed by atoms with Gasteiger partial charge >= 0.3 is 6.03 Å². The minimum Gasteiger partial charge on any atom is -0.341 e. The molecule has 0 bridgehead atoms. The fraction of sp³-hybridized carbons (Fsp3) is 0.556. The minimum absolute atomic E-state index is 0.00430. The smallest absolute Gasteiger partial charge is 0.319 e. The molecule has 1 aromatic rings. The predicted molar refractivity (Wildman–Crippen MR) is 95.6 cm³/mol. The molecule has 6 nitrogen and oxygen atoms in total. The van der Waals surface area contributed by atoms with Crippen molar-refractivity contribution in [3.63, 3.8) is 0 Å². The molecule has 3 amide bonds. The Morgan fingerprint density at radius 2 is 1.76 bits per heavy atom. The summed E-state index contributed by atoms with van der Waals surface area (Å²) in [6, 6.07) is 4.72. The minimum atomic E-state index is -0.529. The van der Waals surface area contributed by atoms with E-state index in [1.807, 2.05) is 20.8 Å². The molecule has 1 fully saturated rings. The Balaban J connectivity index is 1.79. The van der Waals surface area contributed by atoms with Crippen LogP contribution in [0.15, 0.2) is 24.3 Å². The van der Waals surface area contributed by atoms with Crippen LogP contribution in [0.25, 0.3) is 0 Å². The maximum absolute atomic E-state index is 12.9. The van der Waals surface area contributed by atoms with Crippen LogP contribution >= 0.6 is 0 Å². The highest BCUT2D eigenvalue weighted by Crippen LogP contribution is 2.21. The maximum Gasteiger partial charge on any atom is 0.319 e. The largest absolute Gasteiger partial charge is 0.341 e. The lowest BCUT2D eigenvalue weighted by Crippen LogP contribution is -2.54. The third-order valence-corrected chi connectivity index (χ3v) is 4.44. The van der Waals surface area contributed by atoms with Gasteiger partial charge in [0, 0.05) is 24.8 Å². The van der Waals surface area contributed by atoms with E-state index in [0.717, 1.165) is 0 Å². The van der Waals surface area contributed by atoms with Gasteiger partial charge < -0.3 is 21.3 Å². The summed E-state index contributed by atoms with van der Waals surface area (Å²) >= 11 is 0. The number of carbonyl (C=O) groups is 2. The van der Waals surface area contributed by atoms with Crippen LogP contribution in [0.2, 0.25) is 0 Å². The summed E-state index contributed by atoms with van der Waals surface area (Å²) in [6.45, 7) is 6.99. The molecule has 0 aromatic heterocycles. The average Bonchev–Trinajstić information content (AvgIpc) is 2.55. The Hall–Kier alpha value is -2.15. The van der Waals surface area contributed by atoms with E-state index < -0.39 is 6.04 Å². The third-order valence-electron chi connectivity index (χ3n) is 4.44. The molecule has 0 radical (unpaired) electrons. The Bertz CT molecular complexity index is 604. The highest BCUT2D eigenvalue weighted by molar-refractivity contribution is 5.89. The monoisotopic (exact) mass is 350 g/mol. The van der Waals surface area contributed by atoms with E-state index in [4.69, 9.17) is 5.73 Å². The van der Waals surface area contributed by atoms with Crippen LogP contribution in [-0.2, 0) is 4.79 Å². The molecule has 4 N–H and O–H groups in total. The summed E-state index contributed by atoms with van der Waals surface area (Å²) in [4.78, 5) is 26.2. The molecule has 0 aliphatic carbocycles. The number of hydrogen-bond acceptors (Lipinski definition) is 3. The highest BCUT2D eigenvalue weighted by atomic mass is 19.1.